The molecule has 0 aliphatic carbocycles. The fourth-order valence-corrected chi connectivity index (χ4v) is 3.98. The highest BCUT2D eigenvalue weighted by Gasteiger charge is 2.27. The lowest BCUT2D eigenvalue weighted by Gasteiger charge is -2.35. The number of aliphatic imine (C=N–C) groups is 1. The van der Waals surface area contributed by atoms with Crippen LogP contribution in [0, 0.1) is 13.8 Å². The van der Waals surface area contributed by atoms with Gasteiger partial charge in [0.25, 0.3) is 0 Å². The summed E-state index contributed by atoms with van der Waals surface area (Å²) in [6.07, 6.45) is 3.59. The highest BCUT2D eigenvalue weighted by atomic mass is 127. The van der Waals surface area contributed by atoms with Gasteiger partial charge in [-0.25, -0.2) is 9.67 Å². The molecule has 10 heteroatoms. The van der Waals surface area contributed by atoms with Crippen molar-refractivity contribution in [3.63, 3.8) is 0 Å². The molecule has 1 saturated heterocycles. The Morgan fingerprint density at radius 1 is 1.15 bits per heavy atom. The van der Waals surface area contributed by atoms with E-state index in [1.54, 1.807) is 15.8 Å². The van der Waals surface area contributed by atoms with Crippen LogP contribution < -0.4 is 10.2 Å². The fraction of sp³-hybridized carbons (Fsp3) is 0.391. The Morgan fingerprint density at radius 2 is 1.91 bits per heavy atom. The SMILES string of the molecule is CCNC(=NCc1c(C)nn(-c2ccccc2)c1C)N1CCN(c2cnn(C)c2)C(=O)C1.I. The Labute approximate surface area is 211 Å². The molecule has 9 nitrogen and oxygen atoms in total. The molecule has 0 radical (unpaired) electrons. The van der Waals surface area contributed by atoms with Gasteiger partial charge in [0, 0.05) is 44.1 Å². The number of benzene rings is 1. The van der Waals surface area contributed by atoms with Gasteiger partial charge in [-0.3, -0.25) is 9.48 Å². The minimum absolute atomic E-state index is 0. The molecule has 0 unspecified atom stereocenters. The number of nitrogens with zero attached hydrogens (tertiary/aromatic N) is 7. The normalized spacial score (nSPS) is 14.4. The molecular formula is C23H31IN8O. The number of hydrogen-bond acceptors (Lipinski definition) is 4. The molecule has 1 aliphatic rings. The van der Waals surface area contributed by atoms with Crippen molar-refractivity contribution in [2.75, 3.05) is 31.1 Å². The zero-order chi connectivity index (χ0) is 22.7. The number of para-hydroxylation sites is 1. The summed E-state index contributed by atoms with van der Waals surface area (Å²) in [6, 6.07) is 10.1. The highest BCUT2D eigenvalue weighted by molar-refractivity contribution is 14.0. The summed E-state index contributed by atoms with van der Waals surface area (Å²) in [7, 11) is 1.85. The maximum Gasteiger partial charge on any atom is 0.246 e. The Morgan fingerprint density at radius 3 is 2.55 bits per heavy atom. The quantitative estimate of drug-likeness (QED) is 0.294. The number of carbonyl (C=O) groups is 1. The molecule has 1 aromatic carbocycles. The summed E-state index contributed by atoms with van der Waals surface area (Å²) in [5, 5.41) is 12.2. The van der Waals surface area contributed by atoms with E-state index in [0.717, 1.165) is 40.8 Å². The van der Waals surface area contributed by atoms with Gasteiger partial charge in [-0.2, -0.15) is 10.2 Å². The van der Waals surface area contributed by atoms with Crippen LogP contribution in [0.5, 0.6) is 0 Å². The number of anilines is 1. The van der Waals surface area contributed by atoms with Crippen molar-refractivity contribution in [2.45, 2.75) is 27.3 Å². The second-order valence-corrected chi connectivity index (χ2v) is 7.91. The molecule has 176 valence electrons. The molecule has 33 heavy (non-hydrogen) atoms. The van der Waals surface area contributed by atoms with Crippen LogP contribution in [0.15, 0.2) is 47.7 Å². The molecule has 0 bridgehead atoms. The Bertz CT molecular complexity index is 1120. The number of piperazine rings is 1. The number of amides is 1. The smallest absolute Gasteiger partial charge is 0.246 e. The summed E-state index contributed by atoms with van der Waals surface area (Å²) in [5.41, 5.74) is 5.00. The van der Waals surface area contributed by atoms with Crippen molar-refractivity contribution in [3.05, 3.63) is 59.7 Å². The first-order chi connectivity index (χ1) is 15.5. The van der Waals surface area contributed by atoms with Gasteiger partial charge in [-0.1, -0.05) is 18.2 Å². The minimum atomic E-state index is 0. The first kappa shape index (κ1) is 24.7. The van der Waals surface area contributed by atoms with E-state index in [4.69, 9.17) is 10.1 Å². The first-order valence-corrected chi connectivity index (χ1v) is 10.9. The van der Waals surface area contributed by atoms with Gasteiger partial charge in [0.15, 0.2) is 5.96 Å². The molecule has 4 rings (SSSR count). The molecular weight excluding hydrogens is 531 g/mol. The van der Waals surface area contributed by atoms with Crippen molar-refractivity contribution < 1.29 is 4.79 Å². The maximum atomic E-state index is 12.8. The van der Waals surface area contributed by atoms with Crippen LogP contribution >= 0.6 is 24.0 Å². The van der Waals surface area contributed by atoms with Crippen LogP contribution in [-0.2, 0) is 18.4 Å². The summed E-state index contributed by atoms with van der Waals surface area (Å²) in [6.45, 7) is 8.93. The number of guanidine groups is 1. The van der Waals surface area contributed by atoms with E-state index >= 15 is 0 Å². The van der Waals surface area contributed by atoms with Crippen LogP contribution in [0.1, 0.15) is 23.9 Å². The Kier molecular flexibility index (Phi) is 8.11. The number of carbonyl (C=O) groups excluding carboxylic acids is 1. The van der Waals surface area contributed by atoms with Crippen molar-refractivity contribution in [2.24, 2.45) is 12.0 Å². The average molecular weight is 562 g/mol. The van der Waals surface area contributed by atoms with Gasteiger partial charge in [-0.15, -0.1) is 24.0 Å². The van der Waals surface area contributed by atoms with Gasteiger partial charge in [-0.05, 0) is 32.9 Å². The zero-order valence-corrected chi connectivity index (χ0v) is 21.9. The third-order valence-corrected chi connectivity index (χ3v) is 5.69. The topological polar surface area (TPSA) is 83.6 Å². The monoisotopic (exact) mass is 562 g/mol. The number of hydrogen-bond donors (Lipinski definition) is 1. The second-order valence-electron chi connectivity index (χ2n) is 7.91. The summed E-state index contributed by atoms with van der Waals surface area (Å²) in [5.74, 6) is 0.789. The molecule has 1 aliphatic heterocycles. The lowest BCUT2D eigenvalue weighted by molar-refractivity contribution is -0.120. The predicted octanol–water partition coefficient (Wildman–Crippen LogP) is 2.65. The van der Waals surface area contributed by atoms with E-state index in [9.17, 15) is 4.79 Å². The predicted molar refractivity (Wildman–Crippen MR) is 140 cm³/mol. The van der Waals surface area contributed by atoms with Crippen molar-refractivity contribution in [1.29, 1.82) is 0 Å². The van der Waals surface area contributed by atoms with Gasteiger partial charge < -0.3 is 15.1 Å². The number of aromatic nitrogens is 4. The van der Waals surface area contributed by atoms with Gasteiger partial charge >= 0.3 is 0 Å². The molecule has 1 fully saturated rings. The Balaban J connectivity index is 0.00000306. The first-order valence-electron chi connectivity index (χ1n) is 10.9. The number of aryl methyl sites for hydroxylation is 2. The third kappa shape index (κ3) is 5.37. The molecule has 2 aromatic heterocycles. The second kappa shape index (κ2) is 10.8. The van der Waals surface area contributed by atoms with E-state index < -0.39 is 0 Å². The van der Waals surface area contributed by atoms with Crippen LogP contribution in [0.25, 0.3) is 5.69 Å². The summed E-state index contributed by atoms with van der Waals surface area (Å²) >= 11 is 0. The standard InChI is InChI=1S/C23H30N8O.HI/c1-5-24-23(29-11-12-30(22(32)16-29)20-13-26-28(4)15-20)25-14-21-17(2)27-31(18(21)3)19-9-7-6-8-10-19;/h6-10,13,15H,5,11-12,14,16H2,1-4H3,(H,24,25);1H. The molecule has 1 N–H and O–H groups in total. The molecule has 3 heterocycles. The van der Waals surface area contributed by atoms with E-state index in [2.05, 4.69) is 17.3 Å². The van der Waals surface area contributed by atoms with Gasteiger partial charge in [0.05, 0.1) is 29.8 Å². The molecule has 0 atom stereocenters. The van der Waals surface area contributed by atoms with E-state index in [0.29, 0.717) is 19.6 Å². The van der Waals surface area contributed by atoms with Crippen molar-refractivity contribution in [3.8, 4) is 5.69 Å². The van der Waals surface area contributed by atoms with E-state index in [1.165, 1.54) is 0 Å². The zero-order valence-electron chi connectivity index (χ0n) is 19.5. The van der Waals surface area contributed by atoms with E-state index in [1.807, 2.05) is 67.0 Å². The largest absolute Gasteiger partial charge is 0.356 e. The summed E-state index contributed by atoms with van der Waals surface area (Å²) in [4.78, 5) is 21.5. The van der Waals surface area contributed by atoms with Crippen LogP contribution in [0.4, 0.5) is 5.69 Å². The summed E-state index contributed by atoms with van der Waals surface area (Å²) < 4.78 is 3.67. The molecule has 0 saturated carbocycles. The van der Waals surface area contributed by atoms with Crippen LogP contribution in [0.3, 0.4) is 0 Å². The van der Waals surface area contributed by atoms with Crippen LogP contribution in [0.2, 0.25) is 0 Å². The van der Waals surface area contributed by atoms with E-state index in [-0.39, 0.29) is 36.4 Å². The molecule has 1 amide bonds. The van der Waals surface area contributed by atoms with Crippen molar-refractivity contribution >= 4 is 41.5 Å². The average Bonchev–Trinajstić information content (AvgIpc) is 3.34. The van der Waals surface area contributed by atoms with Crippen LogP contribution in [-0.4, -0.2) is 62.5 Å². The maximum absolute atomic E-state index is 12.8. The minimum Gasteiger partial charge on any atom is -0.356 e. The fourth-order valence-electron chi connectivity index (χ4n) is 3.98. The third-order valence-electron chi connectivity index (χ3n) is 5.69. The molecule has 0 spiro atoms. The van der Waals surface area contributed by atoms with Crippen molar-refractivity contribution in [1.82, 2.24) is 29.8 Å². The lowest BCUT2D eigenvalue weighted by Crippen LogP contribution is -2.55. The Hall–Kier alpha value is -2.89. The van der Waals surface area contributed by atoms with Gasteiger partial charge in [0.1, 0.15) is 6.54 Å². The number of rotatable bonds is 5. The highest BCUT2D eigenvalue weighted by Crippen LogP contribution is 2.20. The lowest BCUT2D eigenvalue weighted by atomic mass is 10.2. The number of nitrogens with one attached hydrogen (secondary N) is 1. The number of halogens is 1. The molecule has 3 aromatic rings. The van der Waals surface area contributed by atoms with Gasteiger partial charge in [0.2, 0.25) is 5.91 Å².